The zero-order chi connectivity index (χ0) is 14.3. The molecule has 0 spiro atoms. The lowest BCUT2D eigenvalue weighted by Crippen LogP contribution is -2.04. The molecule has 1 aliphatic carbocycles. The second-order valence-corrected chi connectivity index (χ2v) is 6.10. The zero-order valence-electron chi connectivity index (χ0n) is 11.5. The first kappa shape index (κ1) is 13.4. The van der Waals surface area contributed by atoms with E-state index in [1.807, 2.05) is 32.0 Å². The highest BCUT2D eigenvalue weighted by atomic mass is 79.9. The molecule has 20 heavy (non-hydrogen) atoms. The fraction of sp³-hybridized carbons (Fsp3) is 0.333. The van der Waals surface area contributed by atoms with Gasteiger partial charge in [0.25, 0.3) is 0 Å². The van der Waals surface area contributed by atoms with Crippen LogP contribution in [-0.4, -0.2) is 9.97 Å². The summed E-state index contributed by atoms with van der Waals surface area (Å²) in [6, 6.07) is 5.88. The van der Waals surface area contributed by atoms with E-state index in [1.165, 1.54) is 0 Å². The summed E-state index contributed by atoms with van der Waals surface area (Å²) < 4.78 is 6.97. The van der Waals surface area contributed by atoms with Crippen LogP contribution in [0.2, 0.25) is 0 Å². The SMILES string of the molecule is Cc1cc(Br)ccc1Oc1nc(C2CC2)nc(N)c1C. The Balaban J connectivity index is 1.97. The third-order valence-electron chi connectivity index (χ3n) is 3.44. The van der Waals surface area contributed by atoms with Gasteiger partial charge in [-0.3, -0.25) is 0 Å². The standard InChI is InChI=1S/C15H16BrN3O/c1-8-7-11(16)5-6-12(8)20-15-9(2)13(17)18-14(19-15)10-3-4-10/h5-7,10H,3-4H2,1-2H3,(H2,17,18,19). The van der Waals surface area contributed by atoms with E-state index in [1.54, 1.807) is 0 Å². The Morgan fingerprint density at radius 1 is 1.25 bits per heavy atom. The van der Waals surface area contributed by atoms with Crippen molar-refractivity contribution in [2.45, 2.75) is 32.6 Å². The fourth-order valence-corrected chi connectivity index (χ4v) is 2.46. The molecule has 3 rings (SSSR count). The molecule has 5 heteroatoms. The summed E-state index contributed by atoms with van der Waals surface area (Å²) in [5.74, 6) is 3.11. The van der Waals surface area contributed by atoms with Crippen molar-refractivity contribution in [1.82, 2.24) is 9.97 Å². The number of benzene rings is 1. The molecule has 1 fully saturated rings. The molecule has 0 unspecified atom stereocenters. The van der Waals surface area contributed by atoms with Crippen LogP contribution < -0.4 is 10.5 Å². The van der Waals surface area contributed by atoms with E-state index in [-0.39, 0.29) is 0 Å². The Morgan fingerprint density at radius 3 is 2.65 bits per heavy atom. The maximum atomic E-state index is 5.96. The van der Waals surface area contributed by atoms with Crippen LogP contribution in [0.1, 0.15) is 35.7 Å². The van der Waals surface area contributed by atoms with Gasteiger partial charge in [0.15, 0.2) is 0 Å². The van der Waals surface area contributed by atoms with Gasteiger partial charge in [0.1, 0.15) is 17.4 Å². The van der Waals surface area contributed by atoms with Crippen LogP contribution in [0.15, 0.2) is 22.7 Å². The molecule has 1 saturated carbocycles. The minimum absolute atomic E-state index is 0.450. The van der Waals surface area contributed by atoms with Gasteiger partial charge in [-0.2, -0.15) is 4.98 Å². The van der Waals surface area contributed by atoms with Gasteiger partial charge < -0.3 is 10.5 Å². The molecule has 2 aromatic rings. The number of nitrogens with two attached hydrogens (primary N) is 1. The van der Waals surface area contributed by atoms with E-state index in [9.17, 15) is 0 Å². The van der Waals surface area contributed by atoms with Crippen molar-refractivity contribution in [1.29, 1.82) is 0 Å². The van der Waals surface area contributed by atoms with Crippen molar-refractivity contribution in [3.8, 4) is 11.6 Å². The zero-order valence-corrected chi connectivity index (χ0v) is 13.1. The molecular weight excluding hydrogens is 318 g/mol. The minimum atomic E-state index is 0.450. The van der Waals surface area contributed by atoms with Gasteiger partial charge in [0, 0.05) is 10.4 Å². The largest absolute Gasteiger partial charge is 0.438 e. The molecule has 0 atom stereocenters. The van der Waals surface area contributed by atoms with Crippen molar-refractivity contribution >= 4 is 21.7 Å². The van der Waals surface area contributed by atoms with Gasteiger partial charge in [-0.25, -0.2) is 4.98 Å². The summed E-state index contributed by atoms with van der Waals surface area (Å²) in [4.78, 5) is 8.88. The Labute approximate surface area is 126 Å². The summed E-state index contributed by atoms with van der Waals surface area (Å²) in [6.07, 6.45) is 2.28. The predicted molar refractivity (Wildman–Crippen MR) is 82.1 cm³/mol. The molecule has 1 heterocycles. The number of nitrogen functional groups attached to an aromatic ring is 1. The number of halogens is 1. The Bertz CT molecular complexity index is 668. The average molecular weight is 334 g/mol. The van der Waals surface area contributed by atoms with Crippen LogP contribution in [0, 0.1) is 13.8 Å². The predicted octanol–water partition coefficient (Wildman–Crippen LogP) is 4.11. The summed E-state index contributed by atoms with van der Waals surface area (Å²) in [6.45, 7) is 3.89. The number of anilines is 1. The lowest BCUT2D eigenvalue weighted by molar-refractivity contribution is 0.451. The van der Waals surface area contributed by atoms with Crippen molar-refractivity contribution in [3.05, 3.63) is 39.6 Å². The van der Waals surface area contributed by atoms with Crippen LogP contribution in [0.5, 0.6) is 11.6 Å². The molecule has 1 aliphatic rings. The van der Waals surface area contributed by atoms with E-state index >= 15 is 0 Å². The third kappa shape index (κ3) is 2.63. The first-order valence-corrected chi connectivity index (χ1v) is 7.42. The monoisotopic (exact) mass is 333 g/mol. The highest BCUT2D eigenvalue weighted by molar-refractivity contribution is 9.10. The number of ether oxygens (including phenoxy) is 1. The second kappa shape index (κ2) is 5.05. The second-order valence-electron chi connectivity index (χ2n) is 5.18. The molecule has 0 radical (unpaired) electrons. The summed E-state index contributed by atoms with van der Waals surface area (Å²) >= 11 is 3.45. The molecule has 4 nitrogen and oxygen atoms in total. The molecule has 1 aromatic heterocycles. The Kier molecular flexibility index (Phi) is 3.38. The molecule has 1 aromatic carbocycles. The van der Waals surface area contributed by atoms with Gasteiger partial charge in [0.05, 0.1) is 5.56 Å². The molecule has 2 N–H and O–H groups in total. The van der Waals surface area contributed by atoms with Crippen molar-refractivity contribution in [3.63, 3.8) is 0 Å². The Morgan fingerprint density at radius 2 is 2.00 bits per heavy atom. The van der Waals surface area contributed by atoms with Crippen LogP contribution in [0.25, 0.3) is 0 Å². The van der Waals surface area contributed by atoms with Crippen LogP contribution in [-0.2, 0) is 0 Å². The van der Waals surface area contributed by atoms with Crippen molar-refractivity contribution in [2.75, 3.05) is 5.73 Å². The molecule has 0 aliphatic heterocycles. The molecule has 0 amide bonds. The van der Waals surface area contributed by atoms with Gasteiger partial charge in [-0.1, -0.05) is 15.9 Å². The number of aromatic nitrogens is 2. The molecule has 0 saturated heterocycles. The number of nitrogens with zero attached hydrogens (tertiary/aromatic N) is 2. The van der Waals surface area contributed by atoms with Crippen LogP contribution in [0.4, 0.5) is 5.82 Å². The van der Waals surface area contributed by atoms with E-state index in [0.717, 1.165) is 40.0 Å². The third-order valence-corrected chi connectivity index (χ3v) is 3.94. The average Bonchev–Trinajstić information content (AvgIpc) is 3.22. The number of rotatable bonds is 3. The maximum Gasteiger partial charge on any atom is 0.227 e. The quantitative estimate of drug-likeness (QED) is 0.918. The number of hydrogen-bond donors (Lipinski definition) is 1. The molecule has 0 bridgehead atoms. The van der Waals surface area contributed by atoms with Crippen LogP contribution in [0.3, 0.4) is 0 Å². The highest BCUT2D eigenvalue weighted by Gasteiger charge is 2.28. The van der Waals surface area contributed by atoms with Gasteiger partial charge in [0.2, 0.25) is 5.88 Å². The van der Waals surface area contributed by atoms with E-state index in [0.29, 0.717) is 17.6 Å². The van der Waals surface area contributed by atoms with Gasteiger partial charge in [-0.05, 0) is 50.5 Å². The smallest absolute Gasteiger partial charge is 0.227 e. The number of aryl methyl sites for hydroxylation is 1. The molecular formula is C15H16BrN3O. The fourth-order valence-electron chi connectivity index (χ4n) is 1.98. The van der Waals surface area contributed by atoms with Gasteiger partial charge in [-0.15, -0.1) is 0 Å². The lowest BCUT2D eigenvalue weighted by atomic mass is 10.2. The first-order chi connectivity index (χ1) is 9.54. The summed E-state index contributed by atoms with van der Waals surface area (Å²) in [7, 11) is 0. The maximum absolute atomic E-state index is 5.96. The van der Waals surface area contributed by atoms with Crippen molar-refractivity contribution < 1.29 is 4.74 Å². The number of hydrogen-bond acceptors (Lipinski definition) is 4. The van der Waals surface area contributed by atoms with E-state index in [4.69, 9.17) is 10.5 Å². The highest BCUT2D eigenvalue weighted by Crippen LogP contribution is 2.40. The summed E-state index contributed by atoms with van der Waals surface area (Å²) in [5, 5.41) is 0. The summed E-state index contributed by atoms with van der Waals surface area (Å²) in [5.41, 5.74) is 7.80. The lowest BCUT2D eigenvalue weighted by Gasteiger charge is -2.12. The van der Waals surface area contributed by atoms with E-state index < -0.39 is 0 Å². The molecule has 104 valence electrons. The van der Waals surface area contributed by atoms with Gasteiger partial charge >= 0.3 is 0 Å². The first-order valence-electron chi connectivity index (χ1n) is 6.62. The normalized spacial score (nSPS) is 14.3. The minimum Gasteiger partial charge on any atom is -0.438 e. The van der Waals surface area contributed by atoms with Crippen molar-refractivity contribution in [2.24, 2.45) is 0 Å². The topological polar surface area (TPSA) is 61.0 Å². The Hall–Kier alpha value is -1.62. The van der Waals surface area contributed by atoms with E-state index in [2.05, 4.69) is 25.9 Å². The van der Waals surface area contributed by atoms with Crippen LogP contribution >= 0.6 is 15.9 Å².